The summed E-state index contributed by atoms with van der Waals surface area (Å²) in [7, 11) is 0. The highest BCUT2D eigenvalue weighted by Gasteiger charge is 2.29. The Hall–Kier alpha value is -2.10. The predicted octanol–water partition coefficient (Wildman–Crippen LogP) is 0.944. The molecule has 106 valence electrons. The Morgan fingerprint density at radius 1 is 1.15 bits per heavy atom. The number of carbonyl (C=O) groups excluding carboxylic acids is 2. The second kappa shape index (κ2) is 6.37. The highest BCUT2D eigenvalue weighted by atomic mass is 16.4. The lowest BCUT2D eigenvalue weighted by molar-refractivity contribution is -0.313. The summed E-state index contributed by atoms with van der Waals surface area (Å²) in [5.41, 5.74) is 2.16. The van der Waals surface area contributed by atoms with Crippen LogP contribution < -0.4 is 10.4 Å². The molecule has 0 heterocycles. The van der Waals surface area contributed by atoms with Crippen molar-refractivity contribution in [2.24, 2.45) is 11.8 Å². The Morgan fingerprint density at radius 2 is 1.75 bits per heavy atom. The first kappa shape index (κ1) is 14.3. The molecule has 0 fully saturated rings. The van der Waals surface area contributed by atoms with Crippen LogP contribution in [0, 0.1) is 18.8 Å². The first-order valence-electron chi connectivity index (χ1n) is 6.77. The Labute approximate surface area is 118 Å². The van der Waals surface area contributed by atoms with Gasteiger partial charge in [0.05, 0.1) is 0 Å². The number of amides is 1. The van der Waals surface area contributed by atoms with Crippen molar-refractivity contribution < 1.29 is 14.7 Å². The molecule has 1 aromatic rings. The van der Waals surface area contributed by atoms with E-state index in [1.165, 1.54) is 0 Å². The summed E-state index contributed by atoms with van der Waals surface area (Å²) in [6, 6.07) is 7.86. The maximum Gasteiger partial charge on any atom is 0.224 e. The van der Waals surface area contributed by atoms with Crippen LogP contribution in [0.1, 0.15) is 24.0 Å². The average molecular weight is 272 g/mol. The van der Waals surface area contributed by atoms with Crippen LogP contribution in [0.5, 0.6) is 0 Å². The summed E-state index contributed by atoms with van der Waals surface area (Å²) in [6.45, 7) is 2.42. The van der Waals surface area contributed by atoms with E-state index in [0.717, 1.165) is 11.1 Å². The first-order chi connectivity index (χ1) is 9.58. The van der Waals surface area contributed by atoms with Crippen LogP contribution in [-0.2, 0) is 16.1 Å². The van der Waals surface area contributed by atoms with E-state index in [1.807, 2.05) is 37.3 Å². The first-order valence-corrected chi connectivity index (χ1v) is 6.77. The molecular weight excluding hydrogens is 254 g/mol. The maximum absolute atomic E-state index is 12.1. The molecule has 0 radical (unpaired) electrons. The van der Waals surface area contributed by atoms with Crippen molar-refractivity contribution in [3.8, 4) is 0 Å². The van der Waals surface area contributed by atoms with E-state index in [0.29, 0.717) is 19.4 Å². The number of nitrogens with one attached hydrogen (secondary N) is 1. The van der Waals surface area contributed by atoms with Gasteiger partial charge in [-0.3, -0.25) is 4.79 Å². The summed E-state index contributed by atoms with van der Waals surface area (Å²) in [4.78, 5) is 23.2. The van der Waals surface area contributed by atoms with Crippen molar-refractivity contribution in [2.45, 2.75) is 26.3 Å². The largest absolute Gasteiger partial charge is 0.550 e. The standard InChI is InChI=1S/C16H19NO3/c1-11-6-8-12(9-7-11)10-17-15(18)13-4-2-3-5-14(13)16(19)20/h2-3,6-9,13-14H,4-5,10H2,1H3,(H,17,18)(H,19,20)/p-1/t13-,14+/m0/s1. The maximum atomic E-state index is 12.1. The third-order valence-corrected chi connectivity index (χ3v) is 3.66. The zero-order valence-electron chi connectivity index (χ0n) is 11.5. The number of carboxylic acids is 1. The molecule has 1 aliphatic carbocycles. The monoisotopic (exact) mass is 272 g/mol. The van der Waals surface area contributed by atoms with E-state index < -0.39 is 17.8 Å². The highest BCUT2D eigenvalue weighted by molar-refractivity contribution is 5.84. The third-order valence-electron chi connectivity index (χ3n) is 3.66. The summed E-state index contributed by atoms with van der Waals surface area (Å²) in [5, 5.41) is 13.9. The molecule has 4 nitrogen and oxygen atoms in total. The fourth-order valence-corrected chi connectivity index (χ4v) is 2.39. The Morgan fingerprint density at radius 3 is 2.35 bits per heavy atom. The van der Waals surface area contributed by atoms with Gasteiger partial charge >= 0.3 is 0 Å². The fourth-order valence-electron chi connectivity index (χ4n) is 2.39. The quantitative estimate of drug-likeness (QED) is 0.829. The van der Waals surface area contributed by atoms with Gasteiger partial charge < -0.3 is 15.2 Å². The van der Waals surface area contributed by atoms with Crippen molar-refractivity contribution >= 4 is 11.9 Å². The van der Waals surface area contributed by atoms with Crippen LogP contribution in [0.2, 0.25) is 0 Å². The highest BCUT2D eigenvalue weighted by Crippen LogP contribution is 2.25. The molecule has 1 N–H and O–H groups in total. The Kier molecular flexibility index (Phi) is 4.56. The topological polar surface area (TPSA) is 69.2 Å². The van der Waals surface area contributed by atoms with Crippen molar-refractivity contribution in [1.29, 1.82) is 0 Å². The molecule has 1 aliphatic rings. The zero-order valence-corrected chi connectivity index (χ0v) is 11.5. The summed E-state index contributed by atoms with van der Waals surface area (Å²) in [5.74, 6) is -2.62. The van der Waals surface area contributed by atoms with Gasteiger partial charge in [0.2, 0.25) is 5.91 Å². The molecule has 2 rings (SSSR count). The van der Waals surface area contributed by atoms with Gasteiger partial charge in [0.15, 0.2) is 0 Å². The van der Waals surface area contributed by atoms with Crippen molar-refractivity contribution in [3.05, 3.63) is 47.5 Å². The molecule has 1 aromatic carbocycles. The van der Waals surface area contributed by atoms with Crippen LogP contribution in [-0.4, -0.2) is 11.9 Å². The molecule has 1 amide bonds. The Bertz CT molecular complexity index is 519. The fraction of sp³-hybridized carbons (Fsp3) is 0.375. The van der Waals surface area contributed by atoms with E-state index in [2.05, 4.69) is 5.32 Å². The molecule has 0 aliphatic heterocycles. The van der Waals surface area contributed by atoms with Crippen molar-refractivity contribution in [1.82, 2.24) is 5.32 Å². The lowest BCUT2D eigenvalue weighted by Crippen LogP contribution is -2.43. The molecule has 20 heavy (non-hydrogen) atoms. The van der Waals surface area contributed by atoms with Gasteiger partial charge in [0.1, 0.15) is 0 Å². The van der Waals surface area contributed by atoms with Crippen LogP contribution >= 0.6 is 0 Å². The summed E-state index contributed by atoms with van der Waals surface area (Å²) < 4.78 is 0. The van der Waals surface area contributed by atoms with Crippen LogP contribution in [0.4, 0.5) is 0 Å². The number of carbonyl (C=O) groups is 2. The summed E-state index contributed by atoms with van der Waals surface area (Å²) >= 11 is 0. The van der Waals surface area contributed by atoms with E-state index in [-0.39, 0.29) is 5.91 Å². The number of allylic oxidation sites excluding steroid dienone is 2. The smallest absolute Gasteiger partial charge is 0.224 e. The molecule has 0 spiro atoms. The second-order valence-electron chi connectivity index (χ2n) is 5.18. The molecule has 0 bridgehead atoms. The van der Waals surface area contributed by atoms with Crippen LogP contribution in [0.25, 0.3) is 0 Å². The number of benzene rings is 1. The Balaban J connectivity index is 1.95. The molecule has 0 aromatic heterocycles. The van der Waals surface area contributed by atoms with Gasteiger partial charge in [0, 0.05) is 24.3 Å². The number of rotatable bonds is 4. The average Bonchev–Trinajstić information content (AvgIpc) is 2.46. The van der Waals surface area contributed by atoms with Gasteiger partial charge in [-0.2, -0.15) is 0 Å². The molecule has 0 saturated carbocycles. The van der Waals surface area contributed by atoms with Crippen LogP contribution in [0.15, 0.2) is 36.4 Å². The van der Waals surface area contributed by atoms with Gasteiger partial charge in [-0.15, -0.1) is 0 Å². The minimum atomic E-state index is -1.15. The molecule has 4 heteroatoms. The minimum absolute atomic E-state index is 0.218. The number of carboxylic acid groups (broad SMARTS) is 1. The predicted molar refractivity (Wildman–Crippen MR) is 73.4 cm³/mol. The van der Waals surface area contributed by atoms with E-state index in [9.17, 15) is 14.7 Å². The van der Waals surface area contributed by atoms with E-state index in [4.69, 9.17) is 0 Å². The molecule has 0 saturated heterocycles. The van der Waals surface area contributed by atoms with E-state index >= 15 is 0 Å². The van der Waals surface area contributed by atoms with Gasteiger partial charge in [0.25, 0.3) is 0 Å². The van der Waals surface area contributed by atoms with Gasteiger partial charge in [-0.1, -0.05) is 42.0 Å². The number of hydrogen-bond donors (Lipinski definition) is 1. The molecular formula is C16H18NO3-. The zero-order chi connectivity index (χ0) is 14.5. The minimum Gasteiger partial charge on any atom is -0.550 e. The number of hydrogen-bond acceptors (Lipinski definition) is 3. The normalized spacial score (nSPS) is 21.4. The third kappa shape index (κ3) is 3.47. The SMILES string of the molecule is Cc1ccc(CNC(=O)[C@H]2CC=CC[C@H]2C(=O)[O-])cc1. The number of aryl methyl sites for hydroxylation is 1. The van der Waals surface area contributed by atoms with E-state index in [1.54, 1.807) is 6.08 Å². The second-order valence-corrected chi connectivity index (χ2v) is 5.18. The molecule has 0 unspecified atom stereocenters. The van der Waals surface area contributed by atoms with Crippen LogP contribution in [0.3, 0.4) is 0 Å². The van der Waals surface area contributed by atoms with Gasteiger partial charge in [-0.05, 0) is 25.3 Å². The van der Waals surface area contributed by atoms with Crippen molar-refractivity contribution in [2.75, 3.05) is 0 Å². The lowest BCUT2D eigenvalue weighted by Gasteiger charge is -2.28. The van der Waals surface area contributed by atoms with Gasteiger partial charge in [-0.25, -0.2) is 0 Å². The van der Waals surface area contributed by atoms with Crippen molar-refractivity contribution in [3.63, 3.8) is 0 Å². The summed E-state index contributed by atoms with van der Waals surface area (Å²) in [6.07, 6.45) is 4.48. The lowest BCUT2D eigenvalue weighted by atomic mass is 9.82. The molecule has 2 atom stereocenters. The number of aliphatic carboxylic acids is 1.